The molecule has 0 bridgehead atoms. The fraction of sp³-hybridized carbons (Fsp3) is 0.300. The van der Waals surface area contributed by atoms with Crippen LogP contribution in [0.15, 0.2) is 47.1 Å². The molecule has 0 atom stereocenters. The maximum Gasteiger partial charge on any atom is 0.159 e. The third-order valence-corrected chi connectivity index (χ3v) is 5.06. The molecule has 25 heavy (non-hydrogen) atoms. The minimum absolute atomic E-state index is 0.0670. The highest BCUT2D eigenvalue weighted by Crippen LogP contribution is 2.31. The number of rotatable bonds is 6. The van der Waals surface area contributed by atoms with Gasteiger partial charge >= 0.3 is 0 Å². The summed E-state index contributed by atoms with van der Waals surface area (Å²) in [5.41, 5.74) is 2.82. The fourth-order valence-corrected chi connectivity index (χ4v) is 3.31. The Bertz CT molecular complexity index is 944. The van der Waals surface area contributed by atoms with Crippen LogP contribution in [0.2, 0.25) is 0 Å². The van der Waals surface area contributed by atoms with Crippen molar-refractivity contribution < 1.29 is 9.53 Å². The van der Waals surface area contributed by atoms with Crippen LogP contribution < -0.4 is 4.74 Å². The Morgan fingerprint density at radius 2 is 2.12 bits per heavy atom. The van der Waals surface area contributed by atoms with Crippen molar-refractivity contribution in [3.05, 3.63) is 58.2 Å². The molecule has 1 fully saturated rings. The second-order valence-electron chi connectivity index (χ2n) is 6.64. The van der Waals surface area contributed by atoms with E-state index in [1.807, 2.05) is 41.2 Å². The number of hydrogen-bond acceptors (Lipinski definition) is 3. The molecule has 4 nitrogen and oxygen atoms in total. The number of halogens is 1. The number of ether oxygens (including phenoxy) is 1. The molecule has 1 aromatic heterocycles. The van der Waals surface area contributed by atoms with E-state index in [0.717, 1.165) is 33.3 Å². The molecular weight excluding hydrogens is 380 g/mol. The van der Waals surface area contributed by atoms with Crippen LogP contribution in [-0.2, 0) is 6.54 Å². The number of Topliss-reactive ketones (excluding diaryl/α,β-unsaturated/α-hetero) is 1. The standard InChI is InChI=1S/C20H19BrN2O2/c1-13(24)15-4-6-19-16(8-15)10-22-23(19)11-17-9-18(21)5-7-20(17)25-12-14-2-3-14/h4-10,14H,2-3,11-12H2,1H3. The highest BCUT2D eigenvalue weighted by atomic mass is 79.9. The number of carbonyl (C=O) groups is 1. The highest BCUT2D eigenvalue weighted by Gasteiger charge is 2.22. The number of fused-ring (bicyclic) bond motifs is 1. The topological polar surface area (TPSA) is 44.1 Å². The summed E-state index contributed by atoms with van der Waals surface area (Å²) >= 11 is 3.55. The predicted molar refractivity (Wildman–Crippen MR) is 101 cm³/mol. The summed E-state index contributed by atoms with van der Waals surface area (Å²) in [6.45, 7) is 3.00. The molecule has 5 heteroatoms. The van der Waals surface area contributed by atoms with Crippen LogP contribution >= 0.6 is 15.9 Å². The molecule has 1 saturated carbocycles. The van der Waals surface area contributed by atoms with Crippen LogP contribution in [-0.4, -0.2) is 22.2 Å². The zero-order chi connectivity index (χ0) is 17.4. The molecule has 0 saturated heterocycles. The lowest BCUT2D eigenvalue weighted by atomic mass is 10.1. The van der Waals surface area contributed by atoms with Crippen molar-refractivity contribution in [3.8, 4) is 5.75 Å². The number of benzene rings is 2. The Balaban J connectivity index is 1.64. The molecule has 4 rings (SSSR count). The molecule has 3 aromatic rings. The molecular formula is C20H19BrN2O2. The molecule has 128 valence electrons. The van der Waals surface area contributed by atoms with Gasteiger partial charge in [0.2, 0.25) is 0 Å². The van der Waals surface area contributed by atoms with E-state index in [1.165, 1.54) is 12.8 Å². The van der Waals surface area contributed by atoms with Crippen molar-refractivity contribution in [2.24, 2.45) is 5.92 Å². The summed E-state index contributed by atoms with van der Waals surface area (Å²) in [7, 11) is 0. The van der Waals surface area contributed by atoms with Gasteiger partial charge in [-0.1, -0.05) is 15.9 Å². The van der Waals surface area contributed by atoms with Crippen molar-refractivity contribution in [1.29, 1.82) is 0 Å². The lowest BCUT2D eigenvalue weighted by molar-refractivity contribution is 0.101. The largest absolute Gasteiger partial charge is 0.493 e. The van der Waals surface area contributed by atoms with Crippen LogP contribution in [0.5, 0.6) is 5.75 Å². The monoisotopic (exact) mass is 398 g/mol. The van der Waals surface area contributed by atoms with Crippen LogP contribution in [0.25, 0.3) is 10.9 Å². The summed E-state index contributed by atoms with van der Waals surface area (Å²) < 4.78 is 8.99. The van der Waals surface area contributed by atoms with Gasteiger partial charge in [0.15, 0.2) is 5.78 Å². The lowest BCUT2D eigenvalue weighted by Gasteiger charge is -2.12. The smallest absolute Gasteiger partial charge is 0.159 e. The Morgan fingerprint density at radius 3 is 2.88 bits per heavy atom. The first-order chi connectivity index (χ1) is 12.1. The average molecular weight is 399 g/mol. The minimum atomic E-state index is 0.0670. The highest BCUT2D eigenvalue weighted by molar-refractivity contribution is 9.10. The lowest BCUT2D eigenvalue weighted by Crippen LogP contribution is -2.06. The average Bonchev–Trinajstić information content (AvgIpc) is 3.34. The Morgan fingerprint density at radius 1 is 1.28 bits per heavy atom. The Kier molecular flexibility index (Phi) is 4.34. The van der Waals surface area contributed by atoms with E-state index in [-0.39, 0.29) is 5.78 Å². The Hall–Kier alpha value is -2.14. The molecule has 1 heterocycles. The van der Waals surface area contributed by atoms with Gasteiger partial charge in [-0.05, 0) is 62.1 Å². The molecule has 0 spiro atoms. The summed E-state index contributed by atoms with van der Waals surface area (Å²) in [6.07, 6.45) is 4.35. The molecule has 1 aliphatic rings. The quantitative estimate of drug-likeness (QED) is 0.558. The number of carbonyl (C=O) groups excluding carboxylic acids is 1. The zero-order valence-electron chi connectivity index (χ0n) is 14.0. The number of ketones is 1. The molecule has 0 N–H and O–H groups in total. The van der Waals surface area contributed by atoms with Crippen molar-refractivity contribution >= 4 is 32.6 Å². The van der Waals surface area contributed by atoms with E-state index in [0.29, 0.717) is 18.0 Å². The van der Waals surface area contributed by atoms with Crippen molar-refractivity contribution in [2.45, 2.75) is 26.3 Å². The number of aromatic nitrogens is 2. The third-order valence-electron chi connectivity index (χ3n) is 4.56. The van der Waals surface area contributed by atoms with Gasteiger partial charge in [-0.2, -0.15) is 5.10 Å². The van der Waals surface area contributed by atoms with E-state index in [1.54, 1.807) is 6.92 Å². The van der Waals surface area contributed by atoms with Gasteiger partial charge in [-0.25, -0.2) is 0 Å². The van der Waals surface area contributed by atoms with Crippen molar-refractivity contribution in [3.63, 3.8) is 0 Å². The van der Waals surface area contributed by atoms with Gasteiger partial charge in [0.25, 0.3) is 0 Å². The number of hydrogen-bond donors (Lipinski definition) is 0. The second kappa shape index (κ2) is 6.64. The predicted octanol–water partition coefficient (Wildman–Crippen LogP) is 4.84. The van der Waals surface area contributed by atoms with Gasteiger partial charge < -0.3 is 4.74 Å². The van der Waals surface area contributed by atoms with Gasteiger partial charge in [-0.3, -0.25) is 9.48 Å². The molecule has 2 aromatic carbocycles. The number of nitrogens with zero attached hydrogens (tertiary/aromatic N) is 2. The molecule has 0 radical (unpaired) electrons. The normalized spacial score (nSPS) is 14.0. The first-order valence-corrected chi connectivity index (χ1v) is 9.27. The van der Waals surface area contributed by atoms with Gasteiger partial charge in [-0.15, -0.1) is 0 Å². The van der Waals surface area contributed by atoms with E-state index in [2.05, 4.69) is 27.1 Å². The van der Waals surface area contributed by atoms with Gasteiger partial charge in [0.1, 0.15) is 5.75 Å². The molecule has 0 aliphatic heterocycles. The van der Waals surface area contributed by atoms with Crippen molar-refractivity contribution in [1.82, 2.24) is 9.78 Å². The van der Waals surface area contributed by atoms with E-state index in [4.69, 9.17) is 4.74 Å². The van der Waals surface area contributed by atoms with Gasteiger partial charge in [0.05, 0.1) is 24.9 Å². The van der Waals surface area contributed by atoms with Crippen LogP contribution in [0.4, 0.5) is 0 Å². The van der Waals surface area contributed by atoms with E-state index < -0.39 is 0 Å². The maximum absolute atomic E-state index is 11.6. The minimum Gasteiger partial charge on any atom is -0.493 e. The van der Waals surface area contributed by atoms with Crippen LogP contribution in [0, 0.1) is 5.92 Å². The van der Waals surface area contributed by atoms with Crippen LogP contribution in [0.3, 0.4) is 0 Å². The zero-order valence-corrected chi connectivity index (χ0v) is 15.6. The van der Waals surface area contributed by atoms with Crippen molar-refractivity contribution in [2.75, 3.05) is 6.61 Å². The third kappa shape index (κ3) is 3.61. The van der Waals surface area contributed by atoms with E-state index in [9.17, 15) is 4.79 Å². The maximum atomic E-state index is 11.6. The van der Waals surface area contributed by atoms with E-state index >= 15 is 0 Å². The Labute approximate surface area is 154 Å². The molecule has 0 amide bonds. The van der Waals surface area contributed by atoms with Gasteiger partial charge in [0, 0.05) is 21.0 Å². The summed E-state index contributed by atoms with van der Waals surface area (Å²) in [5, 5.41) is 5.48. The summed E-state index contributed by atoms with van der Waals surface area (Å²) in [4.78, 5) is 11.6. The molecule has 0 unspecified atom stereocenters. The second-order valence-corrected chi connectivity index (χ2v) is 7.55. The first kappa shape index (κ1) is 16.3. The first-order valence-electron chi connectivity index (χ1n) is 8.48. The SMILES string of the molecule is CC(=O)c1ccc2c(cnn2Cc2cc(Br)ccc2OCC2CC2)c1. The molecule has 1 aliphatic carbocycles. The summed E-state index contributed by atoms with van der Waals surface area (Å²) in [6, 6.07) is 11.8. The summed E-state index contributed by atoms with van der Waals surface area (Å²) in [5.74, 6) is 1.70. The fourth-order valence-electron chi connectivity index (χ4n) is 2.90. The van der Waals surface area contributed by atoms with Crippen LogP contribution in [0.1, 0.15) is 35.7 Å².